The van der Waals surface area contributed by atoms with Crippen LogP contribution in [0.1, 0.15) is 0 Å². The summed E-state index contributed by atoms with van der Waals surface area (Å²) < 4.78 is 6.89. The van der Waals surface area contributed by atoms with Crippen LogP contribution < -0.4 is 0 Å². The summed E-state index contributed by atoms with van der Waals surface area (Å²) in [5, 5.41) is 22.2. The van der Waals surface area contributed by atoms with Gasteiger partial charge in [-0.15, -0.1) is 0 Å². The number of furan rings is 1. The van der Waals surface area contributed by atoms with Gasteiger partial charge in [-0.2, -0.15) is 0 Å². The first-order chi connectivity index (χ1) is 34.2. The Morgan fingerprint density at radius 3 is 1.10 bits per heavy atom. The van der Waals surface area contributed by atoms with Gasteiger partial charge >= 0.3 is 0 Å². The smallest absolute Gasteiger partial charge is 0.143 e. The Balaban J connectivity index is 0.899. The standard InChI is InChI=1S/C68H40O/c1-2-16-41(17-3-1)59-39-61-51-24-9-7-22-49(51)60(40-62(61)50-23-8-6-21-48(50)59)42-30-32-43(33-31-42)65-53-26-12-14-28-55(53)66(56-29-15-13-27-54(56)65)44-34-37-64-63(38-44)58-36-35-57-47-20-5-4-18-45(47)46-19-10-11-25-52(46)67(57)68(58)69-64/h1-40H. The molecule has 1 aromatic heterocycles. The van der Waals surface area contributed by atoms with E-state index in [2.05, 4.69) is 243 Å². The summed E-state index contributed by atoms with van der Waals surface area (Å²) >= 11 is 0. The van der Waals surface area contributed by atoms with Gasteiger partial charge in [-0.25, -0.2) is 0 Å². The maximum absolute atomic E-state index is 6.89. The fourth-order valence-corrected chi connectivity index (χ4v) is 12.0. The summed E-state index contributed by atoms with van der Waals surface area (Å²) in [7, 11) is 0. The van der Waals surface area contributed by atoms with Gasteiger partial charge in [-0.3, -0.25) is 0 Å². The molecule has 0 aliphatic heterocycles. The summed E-state index contributed by atoms with van der Waals surface area (Å²) in [6.07, 6.45) is 0. The number of fused-ring (bicyclic) bond motifs is 17. The van der Waals surface area contributed by atoms with Crippen LogP contribution in [0, 0.1) is 0 Å². The van der Waals surface area contributed by atoms with Gasteiger partial charge in [0.15, 0.2) is 0 Å². The third-order valence-electron chi connectivity index (χ3n) is 15.0. The van der Waals surface area contributed by atoms with Crippen LogP contribution in [0.3, 0.4) is 0 Å². The van der Waals surface area contributed by atoms with E-state index in [1.807, 2.05) is 0 Å². The van der Waals surface area contributed by atoms with Crippen molar-refractivity contribution in [3.8, 4) is 44.5 Å². The van der Waals surface area contributed by atoms with Gasteiger partial charge in [0.2, 0.25) is 0 Å². The lowest BCUT2D eigenvalue weighted by atomic mass is 9.85. The molecule has 69 heavy (non-hydrogen) atoms. The Labute approximate surface area is 397 Å². The minimum Gasteiger partial charge on any atom is -0.455 e. The minimum atomic E-state index is 0.896. The van der Waals surface area contributed by atoms with Crippen molar-refractivity contribution in [3.63, 3.8) is 0 Å². The van der Waals surface area contributed by atoms with Gasteiger partial charge in [-0.05, 0) is 156 Å². The summed E-state index contributed by atoms with van der Waals surface area (Å²) in [4.78, 5) is 0. The first-order valence-corrected chi connectivity index (χ1v) is 23.9. The molecule has 0 aliphatic carbocycles. The molecule has 15 rings (SSSR count). The van der Waals surface area contributed by atoms with Crippen molar-refractivity contribution in [1.29, 1.82) is 0 Å². The molecule has 0 N–H and O–H groups in total. The monoisotopic (exact) mass is 872 g/mol. The number of hydrogen-bond acceptors (Lipinski definition) is 1. The summed E-state index contributed by atoms with van der Waals surface area (Å²) in [6, 6.07) is 89.5. The van der Waals surface area contributed by atoms with Crippen LogP contribution in [0.25, 0.3) is 153 Å². The second-order valence-corrected chi connectivity index (χ2v) is 18.6. The molecule has 0 aliphatic rings. The highest BCUT2D eigenvalue weighted by molar-refractivity contribution is 6.33. The molecule has 15 aromatic rings. The van der Waals surface area contributed by atoms with Gasteiger partial charge in [0.1, 0.15) is 11.2 Å². The summed E-state index contributed by atoms with van der Waals surface area (Å²) in [6.45, 7) is 0. The van der Waals surface area contributed by atoms with Crippen molar-refractivity contribution in [2.75, 3.05) is 0 Å². The van der Waals surface area contributed by atoms with Crippen molar-refractivity contribution in [2.24, 2.45) is 0 Å². The van der Waals surface area contributed by atoms with Crippen LogP contribution in [0.4, 0.5) is 0 Å². The van der Waals surface area contributed by atoms with Crippen LogP contribution >= 0.6 is 0 Å². The Kier molecular flexibility index (Phi) is 8.13. The van der Waals surface area contributed by atoms with Crippen LogP contribution in [0.5, 0.6) is 0 Å². The summed E-state index contributed by atoms with van der Waals surface area (Å²) in [5.41, 5.74) is 11.6. The maximum Gasteiger partial charge on any atom is 0.143 e. The van der Waals surface area contributed by atoms with E-state index < -0.39 is 0 Å². The lowest BCUT2D eigenvalue weighted by Gasteiger charge is -2.18. The predicted octanol–water partition coefficient (Wildman–Crippen LogP) is 19.5. The second-order valence-electron chi connectivity index (χ2n) is 18.6. The van der Waals surface area contributed by atoms with Gasteiger partial charge in [0.05, 0.1) is 0 Å². The normalized spacial score (nSPS) is 12.1. The third-order valence-corrected chi connectivity index (χ3v) is 15.0. The van der Waals surface area contributed by atoms with Crippen molar-refractivity contribution >= 4 is 108 Å². The number of hydrogen-bond donors (Lipinski definition) is 0. The Hall–Kier alpha value is -9.04. The number of rotatable bonds is 4. The minimum absolute atomic E-state index is 0.896. The molecular formula is C68H40O. The lowest BCUT2D eigenvalue weighted by molar-refractivity contribution is 0.673. The van der Waals surface area contributed by atoms with Gasteiger partial charge < -0.3 is 4.42 Å². The van der Waals surface area contributed by atoms with E-state index in [1.54, 1.807) is 0 Å². The molecule has 1 heterocycles. The Morgan fingerprint density at radius 1 is 0.203 bits per heavy atom. The quantitative estimate of drug-likeness (QED) is 0.127. The number of benzene rings is 14. The zero-order valence-corrected chi connectivity index (χ0v) is 37.5. The molecule has 14 aromatic carbocycles. The second kappa shape index (κ2) is 14.7. The highest BCUT2D eigenvalue weighted by Gasteiger charge is 2.21. The molecule has 0 spiro atoms. The van der Waals surface area contributed by atoms with Gasteiger partial charge in [-0.1, -0.05) is 212 Å². The maximum atomic E-state index is 6.89. The molecule has 0 fully saturated rings. The van der Waals surface area contributed by atoms with Crippen LogP contribution in [0.15, 0.2) is 247 Å². The molecule has 1 nitrogen and oxygen atoms in total. The van der Waals surface area contributed by atoms with Crippen LogP contribution in [-0.4, -0.2) is 0 Å². The largest absolute Gasteiger partial charge is 0.455 e. The van der Waals surface area contributed by atoms with E-state index >= 15 is 0 Å². The predicted molar refractivity (Wildman–Crippen MR) is 296 cm³/mol. The molecule has 0 saturated carbocycles. The first-order valence-electron chi connectivity index (χ1n) is 23.9. The van der Waals surface area contributed by atoms with Crippen molar-refractivity contribution in [1.82, 2.24) is 0 Å². The molecule has 0 unspecified atom stereocenters. The first kappa shape index (κ1) is 38.1. The fourth-order valence-electron chi connectivity index (χ4n) is 12.0. The molecule has 0 amide bonds. The Bertz CT molecular complexity index is 4540. The van der Waals surface area contributed by atoms with E-state index in [1.165, 1.54) is 131 Å². The van der Waals surface area contributed by atoms with Crippen molar-refractivity contribution < 1.29 is 4.42 Å². The molecule has 0 bridgehead atoms. The van der Waals surface area contributed by atoms with E-state index in [0.29, 0.717) is 0 Å². The molecule has 0 radical (unpaired) electrons. The van der Waals surface area contributed by atoms with Gasteiger partial charge in [0.25, 0.3) is 0 Å². The average molecular weight is 873 g/mol. The lowest BCUT2D eigenvalue weighted by Crippen LogP contribution is -1.91. The zero-order chi connectivity index (χ0) is 45.2. The Morgan fingerprint density at radius 2 is 0.565 bits per heavy atom. The zero-order valence-electron chi connectivity index (χ0n) is 37.5. The molecule has 0 atom stereocenters. The highest BCUT2D eigenvalue weighted by Crippen LogP contribution is 2.48. The molecular weight excluding hydrogens is 833 g/mol. The van der Waals surface area contributed by atoms with Crippen LogP contribution in [-0.2, 0) is 0 Å². The summed E-state index contributed by atoms with van der Waals surface area (Å²) in [5.74, 6) is 0. The highest BCUT2D eigenvalue weighted by atomic mass is 16.3. The van der Waals surface area contributed by atoms with E-state index in [9.17, 15) is 0 Å². The van der Waals surface area contributed by atoms with Crippen molar-refractivity contribution in [2.45, 2.75) is 0 Å². The van der Waals surface area contributed by atoms with Crippen LogP contribution in [0.2, 0.25) is 0 Å². The fraction of sp³-hybridized carbons (Fsp3) is 0. The third kappa shape index (κ3) is 5.59. The molecule has 318 valence electrons. The van der Waals surface area contributed by atoms with Crippen molar-refractivity contribution in [3.05, 3.63) is 243 Å². The van der Waals surface area contributed by atoms with E-state index in [-0.39, 0.29) is 0 Å². The van der Waals surface area contributed by atoms with E-state index in [0.717, 1.165) is 21.9 Å². The van der Waals surface area contributed by atoms with E-state index in [4.69, 9.17) is 4.42 Å². The average Bonchev–Trinajstić information content (AvgIpc) is 3.80. The molecule has 1 heteroatoms. The molecule has 0 saturated heterocycles. The van der Waals surface area contributed by atoms with Gasteiger partial charge in [0, 0.05) is 16.2 Å². The SMILES string of the molecule is c1ccc(-c2cc3c4ccccc4c(-c4ccc(-c5c6ccccc6c(-c6ccc7oc8c(ccc9c%10ccccc%10c%10ccccc%10c98)c7c6)c6ccccc56)cc4)cc3c3ccccc23)cc1. The topological polar surface area (TPSA) is 13.1 Å².